The van der Waals surface area contributed by atoms with Gasteiger partial charge in [-0.15, -0.1) is 0 Å². The van der Waals surface area contributed by atoms with Gasteiger partial charge in [-0.1, -0.05) is 0 Å². The van der Waals surface area contributed by atoms with Crippen molar-refractivity contribution in [2.45, 2.75) is 26.2 Å². The van der Waals surface area contributed by atoms with Gasteiger partial charge in [-0.05, 0) is 32.3 Å². The van der Waals surface area contributed by atoms with Crippen LogP contribution in [0.15, 0.2) is 12.1 Å². The highest BCUT2D eigenvalue weighted by Gasteiger charge is 2.18. The van der Waals surface area contributed by atoms with E-state index in [1.807, 2.05) is 6.92 Å². The lowest BCUT2D eigenvalue weighted by molar-refractivity contribution is -0.384. The number of nitro groups is 1. The summed E-state index contributed by atoms with van der Waals surface area (Å²) >= 11 is 0. The van der Waals surface area contributed by atoms with Gasteiger partial charge in [-0.25, -0.2) is 4.98 Å². The van der Waals surface area contributed by atoms with E-state index in [9.17, 15) is 10.1 Å². The molecule has 0 amide bonds. The summed E-state index contributed by atoms with van der Waals surface area (Å²) in [6, 6.07) is 3.13. The Bertz CT molecular complexity index is 410. The van der Waals surface area contributed by atoms with Gasteiger partial charge in [0.05, 0.1) is 4.92 Å². The molecule has 0 spiro atoms. The summed E-state index contributed by atoms with van der Waals surface area (Å²) in [5.74, 6) is 0.406. The predicted octanol–water partition coefficient (Wildman–Crippen LogP) is 1.90. The predicted molar refractivity (Wildman–Crippen MR) is 69.8 cm³/mol. The normalized spacial score (nSPS) is 10.4. The number of nitrogens with zero attached hydrogens (tertiary/aromatic N) is 3. The maximum atomic E-state index is 10.9. The van der Waals surface area contributed by atoms with Gasteiger partial charge in [0.25, 0.3) is 0 Å². The van der Waals surface area contributed by atoms with Gasteiger partial charge in [0.1, 0.15) is 0 Å². The minimum Gasteiger partial charge on any atom is -0.396 e. The van der Waals surface area contributed by atoms with Crippen LogP contribution in [0.3, 0.4) is 0 Å². The van der Waals surface area contributed by atoms with E-state index in [4.69, 9.17) is 5.11 Å². The third-order valence-electron chi connectivity index (χ3n) is 2.70. The fourth-order valence-corrected chi connectivity index (χ4v) is 1.70. The van der Waals surface area contributed by atoms with Gasteiger partial charge in [0.2, 0.25) is 5.82 Å². The first-order valence-corrected chi connectivity index (χ1v) is 6.00. The second kappa shape index (κ2) is 6.90. The van der Waals surface area contributed by atoms with Crippen molar-refractivity contribution < 1.29 is 10.0 Å². The van der Waals surface area contributed by atoms with Crippen LogP contribution in [-0.4, -0.2) is 35.2 Å². The number of aromatic nitrogens is 1. The molecule has 1 N–H and O–H groups in total. The molecule has 6 heteroatoms. The van der Waals surface area contributed by atoms with Crippen LogP contribution in [0.5, 0.6) is 0 Å². The van der Waals surface area contributed by atoms with Crippen molar-refractivity contribution in [3.05, 3.63) is 27.9 Å². The third kappa shape index (κ3) is 3.96. The Balaban J connectivity index is 2.74. The van der Waals surface area contributed by atoms with E-state index >= 15 is 0 Å². The van der Waals surface area contributed by atoms with Gasteiger partial charge < -0.3 is 10.0 Å². The van der Waals surface area contributed by atoms with Crippen LogP contribution in [0.4, 0.5) is 11.5 Å². The molecule has 0 saturated carbocycles. The first-order chi connectivity index (χ1) is 8.56. The lowest BCUT2D eigenvalue weighted by atomic mass is 10.2. The average molecular weight is 253 g/mol. The van der Waals surface area contributed by atoms with E-state index in [1.165, 1.54) is 6.07 Å². The summed E-state index contributed by atoms with van der Waals surface area (Å²) in [6.45, 7) is 2.69. The fraction of sp³-hybridized carbons (Fsp3) is 0.583. The number of hydrogen-bond donors (Lipinski definition) is 1. The van der Waals surface area contributed by atoms with Crippen molar-refractivity contribution in [2.24, 2.45) is 0 Å². The van der Waals surface area contributed by atoms with Gasteiger partial charge in [0.15, 0.2) is 0 Å². The standard InChI is InChI=1S/C12H19N3O3/c1-10-6-7-11(15(17)18)12(13-10)14(2)8-4-3-5-9-16/h6-7,16H,3-5,8-9H2,1-2H3. The quantitative estimate of drug-likeness (QED) is 0.456. The van der Waals surface area contributed by atoms with Crippen LogP contribution in [-0.2, 0) is 0 Å². The van der Waals surface area contributed by atoms with Gasteiger partial charge in [-0.3, -0.25) is 10.1 Å². The van der Waals surface area contributed by atoms with E-state index < -0.39 is 4.92 Å². The van der Waals surface area contributed by atoms with E-state index in [0.29, 0.717) is 12.4 Å². The minimum absolute atomic E-state index is 0.0326. The molecule has 6 nitrogen and oxygen atoms in total. The number of anilines is 1. The zero-order chi connectivity index (χ0) is 13.5. The fourth-order valence-electron chi connectivity index (χ4n) is 1.70. The molecule has 0 atom stereocenters. The molecule has 0 bridgehead atoms. The molecule has 0 saturated heterocycles. The molecule has 0 aliphatic rings. The molecule has 1 aromatic rings. The second-order valence-corrected chi connectivity index (χ2v) is 4.26. The second-order valence-electron chi connectivity index (χ2n) is 4.26. The molecule has 100 valence electrons. The first kappa shape index (κ1) is 14.4. The monoisotopic (exact) mass is 253 g/mol. The van der Waals surface area contributed by atoms with Crippen LogP contribution < -0.4 is 4.90 Å². The largest absolute Gasteiger partial charge is 0.396 e. The molecule has 0 aliphatic carbocycles. The Hall–Kier alpha value is -1.69. The lowest BCUT2D eigenvalue weighted by Crippen LogP contribution is -2.21. The summed E-state index contributed by atoms with van der Waals surface area (Å²) in [7, 11) is 1.80. The Morgan fingerprint density at radius 1 is 1.39 bits per heavy atom. The Labute approximate surface area is 106 Å². The minimum atomic E-state index is -0.411. The van der Waals surface area contributed by atoms with E-state index in [1.54, 1.807) is 18.0 Å². The van der Waals surface area contributed by atoms with Crippen LogP contribution in [0, 0.1) is 17.0 Å². The Morgan fingerprint density at radius 2 is 2.11 bits per heavy atom. The molecule has 0 aromatic carbocycles. The van der Waals surface area contributed by atoms with Crippen molar-refractivity contribution in [1.82, 2.24) is 4.98 Å². The molecule has 1 aromatic heterocycles. The van der Waals surface area contributed by atoms with Crippen LogP contribution in [0.2, 0.25) is 0 Å². The summed E-state index contributed by atoms with van der Waals surface area (Å²) in [6.07, 6.45) is 2.54. The summed E-state index contributed by atoms with van der Waals surface area (Å²) in [5, 5.41) is 19.6. The molecular formula is C12H19N3O3. The third-order valence-corrected chi connectivity index (χ3v) is 2.70. The number of unbranched alkanes of at least 4 members (excludes halogenated alkanes) is 2. The van der Waals surface area contributed by atoms with Crippen molar-refractivity contribution in [1.29, 1.82) is 0 Å². The van der Waals surface area contributed by atoms with Crippen molar-refractivity contribution >= 4 is 11.5 Å². The smallest absolute Gasteiger partial charge is 0.311 e. The zero-order valence-electron chi connectivity index (χ0n) is 10.8. The van der Waals surface area contributed by atoms with E-state index in [-0.39, 0.29) is 12.3 Å². The van der Waals surface area contributed by atoms with E-state index in [0.717, 1.165) is 25.0 Å². The number of hydrogen-bond acceptors (Lipinski definition) is 5. The molecular weight excluding hydrogens is 234 g/mol. The molecule has 0 unspecified atom stereocenters. The lowest BCUT2D eigenvalue weighted by Gasteiger charge is -2.18. The van der Waals surface area contributed by atoms with E-state index in [2.05, 4.69) is 4.98 Å². The van der Waals surface area contributed by atoms with Gasteiger partial charge in [0, 0.05) is 32.0 Å². The highest BCUT2D eigenvalue weighted by molar-refractivity contribution is 5.57. The molecule has 1 heterocycles. The summed E-state index contributed by atoms with van der Waals surface area (Å²) < 4.78 is 0. The molecule has 1 rings (SSSR count). The maximum absolute atomic E-state index is 10.9. The van der Waals surface area contributed by atoms with Crippen molar-refractivity contribution in [3.63, 3.8) is 0 Å². The van der Waals surface area contributed by atoms with Crippen molar-refractivity contribution in [3.8, 4) is 0 Å². The van der Waals surface area contributed by atoms with Crippen molar-refractivity contribution in [2.75, 3.05) is 25.1 Å². The number of rotatable bonds is 7. The average Bonchev–Trinajstić information content (AvgIpc) is 2.34. The Kier molecular flexibility index (Phi) is 5.51. The highest BCUT2D eigenvalue weighted by Crippen LogP contribution is 2.25. The molecule has 0 radical (unpaired) electrons. The number of pyridine rings is 1. The Morgan fingerprint density at radius 3 is 2.72 bits per heavy atom. The topological polar surface area (TPSA) is 79.5 Å². The number of aliphatic hydroxyl groups excluding tert-OH is 1. The summed E-state index contributed by atoms with van der Waals surface area (Å²) in [4.78, 5) is 16.5. The summed E-state index contributed by atoms with van der Waals surface area (Å²) in [5.41, 5.74) is 0.795. The maximum Gasteiger partial charge on any atom is 0.311 e. The molecule has 18 heavy (non-hydrogen) atoms. The van der Waals surface area contributed by atoms with Crippen LogP contribution >= 0.6 is 0 Å². The number of aryl methyl sites for hydroxylation is 1. The molecule has 0 fully saturated rings. The SMILES string of the molecule is Cc1ccc([N+](=O)[O-])c(N(C)CCCCCO)n1. The van der Waals surface area contributed by atoms with Gasteiger partial charge >= 0.3 is 5.69 Å². The highest BCUT2D eigenvalue weighted by atomic mass is 16.6. The van der Waals surface area contributed by atoms with Gasteiger partial charge in [-0.2, -0.15) is 0 Å². The first-order valence-electron chi connectivity index (χ1n) is 6.00. The van der Waals surface area contributed by atoms with Crippen LogP contribution in [0.25, 0.3) is 0 Å². The zero-order valence-corrected chi connectivity index (χ0v) is 10.8. The number of aliphatic hydroxyl groups is 1. The van der Waals surface area contributed by atoms with Crippen LogP contribution in [0.1, 0.15) is 25.0 Å². The molecule has 0 aliphatic heterocycles.